The first kappa shape index (κ1) is 15.6. The van der Waals surface area contributed by atoms with Crippen LogP contribution in [-0.2, 0) is 0 Å². The molecule has 0 atom stereocenters. The lowest BCUT2D eigenvalue weighted by atomic mass is 10.1. The number of rotatable bonds is 3. The summed E-state index contributed by atoms with van der Waals surface area (Å²) in [5, 5.41) is 1.02. The van der Waals surface area contributed by atoms with Crippen LogP contribution >= 0.6 is 0 Å². The Morgan fingerprint density at radius 3 is 2.59 bits per heavy atom. The van der Waals surface area contributed by atoms with Gasteiger partial charge in [-0.25, -0.2) is 9.97 Å². The van der Waals surface area contributed by atoms with E-state index in [4.69, 9.17) is 14.1 Å². The van der Waals surface area contributed by atoms with Crippen LogP contribution in [0.2, 0.25) is 0 Å². The van der Waals surface area contributed by atoms with Crippen LogP contribution in [0, 0.1) is 6.07 Å². The van der Waals surface area contributed by atoms with E-state index >= 15 is 0 Å². The van der Waals surface area contributed by atoms with Crippen molar-refractivity contribution in [1.82, 2.24) is 9.97 Å². The lowest BCUT2D eigenvalue weighted by molar-refractivity contribution is 0.415. The molecule has 0 amide bonds. The van der Waals surface area contributed by atoms with Crippen molar-refractivity contribution in [2.45, 2.75) is 0 Å². The maximum atomic E-state index is 5.97. The van der Waals surface area contributed by atoms with Crippen molar-refractivity contribution < 1.29 is 9.15 Å². The Kier molecular flexibility index (Phi) is 3.61. The van der Waals surface area contributed by atoms with Gasteiger partial charge >= 0.3 is 0 Å². The molecule has 0 aliphatic carbocycles. The molecule has 0 N–H and O–H groups in total. The molecule has 0 aliphatic rings. The van der Waals surface area contributed by atoms with Crippen molar-refractivity contribution in [3.05, 3.63) is 78.9 Å². The number of hydrogen-bond acceptors (Lipinski definition) is 4. The fraction of sp³-hybridized carbons (Fsp3) is 0.0435. The molecule has 0 saturated carbocycles. The van der Waals surface area contributed by atoms with Gasteiger partial charge in [0.2, 0.25) is 5.89 Å². The van der Waals surface area contributed by atoms with E-state index in [0.717, 1.165) is 44.6 Å². The third-order valence-corrected chi connectivity index (χ3v) is 4.52. The molecule has 3 aromatic carbocycles. The summed E-state index contributed by atoms with van der Waals surface area (Å²) in [6.07, 6.45) is 0. The van der Waals surface area contributed by atoms with Gasteiger partial charge in [-0.15, -0.1) is 0 Å². The van der Waals surface area contributed by atoms with Crippen molar-refractivity contribution in [1.29, 1.82) is 0 Å². The van der Waals surface area contributed by atoms with E-state index in [2.05, 4.69) is 11.1 Å². The zero-order valence-corrected chi connectivity index (χ0v) is 14.6. The third-order valence-electron chi connectivity index (χ3n) is 4.52. The molecule has 4 nitrogen and oxygen atoms in total. The summed E-state index contributed by atoms with van der Waals surface area (Å²) in [6.45, 7) is 0. The van der Waals surface area contributed by atoms with Crippen LogP contribution < -0.4 is 4.74 Å². The van der Waals surface area contributed by atoms with Crippen molar-refractivity contribution >= 4 is 22.0 Å². The maximum Gasteiger partial charge on any atom is 0.227 e. The number of benzene rings is 3. The second kappa shape index (κ2) is 6.25. The smallest absolute Gasteiger partial charge is 0.227 e. The molecule has 0 aliphatic heterocycles. The molecule has 5 aromatic rings. The summed E-state index contributed by atoms with van der Waals surface area (Å²) in [5.74, 6) is 1.40. The van der Waals surface area contributed by atoms with Crippen molar-refractivity contribution in [2.24, 2.45) is 0 Å². The SMILES string of the molecule is COc1ccc2c[c]c(-c3ccc4nc(-c5ccccc5)oc4c3)nc2c1. The third kappa shape index (κ3) is 2.81. The highest BCUT2D eigenvalue weighted by Gasteiger charge is 2.10. The van der Waals surface area contributed by atoms with Gasteiger partial charge in [-0.2, -0.15) is 0 Å². The molecular weight excluding hydrogens is 336 g/mol. The number of methoxy groups -OCH3 is 1. The van der Waals surface area contributed by atoms with E-state index in [1.54, 1.807) is 7.11 Å². The molecule has 5 rings (SSSR count). The van der Waals surface area contributed by atoms with Crippen LogP contribution in [0.4, 0.5) is 0 Å². The molecule has 0 bridgehead atoms. The standard InChI is InChI=1S/C23H15N2O2/c1-26-18-10-7-15-8-11-19(24-21(15)14-18)17-9-12-20-22(13-17)27-23(25-20)16-5-3-2-4-6-16/h2-10,12-14H,1H3. The van der Waals surface area contributed by atoms with Gasteiger partial charge in [0.15, 0.2) is 5.58 Å². The molecule has 129 valence electrons. The van der Waals surface area contributed by atoms with Gasteiger partial charge in [0.05, 0.1) is 18.3 Å². The molecule has 27 heavy (non-hydrogen) atoms. The van der Waals surface area contributed by atoms with E-state index in [-0.39, 0.29) is 0 Å². The summed E-state index contributed by atoms with van der Waals surface area (Å²) in [7, 11) is 1.65. The Balaban J connectivity index is 1.59. The predicted octanol–water partition coefficient (Wildman–Crippen LogP) is 5.52. The summed E-state index contributed by atoms with van der Waals surface area (Å²) in [6, 6.07) is 26.8. The fourth-order valence-electron chi connectivity index (χ4n) is 3.09. The quantitative estimate of drug-likeness (QED) is 0.429. The zero-order chi connectivity index (χ0) is 18.2. The van der Waals surface area contributed by atoms with Gasteiger partial charge in [-0.05, 0) is 42.5 Å². The highest BCUT2D eigenvalue weighted by atomic mass is 16.5. The fourth-order valence-corrected chi connectivity index (χ4v) is 3.09. The van der Waals surface area contributed by atoms with Crippen LogP contribution in [-0.4, -0.2) is 17.1 Å². The second-order valence-corrected chi connectivity index (χ2v) is 6.24. The minimum atomic E-state index is 0.614. The van der Waals surface area contributed by atoms with Gasteiger partial charge in [0.1, 0.15) is 11.3 Å². The largest absolute Gasteiger partial charge is 0.497 e. The Morgan fingerprint density at radius 2 is 1.74 bits per heavy atom. The molecule has 2 aromatic heterocycles. The Bertz CT molecular complexity index is 1260. The van der Waals surface area contributed by atoms with Crippen LogP contribution in [0.1, 0.15) is 0 Å². The highest BCUT2D eigenvalue weighted by Crippen LogP contribution is 2.29. The molecular formula is C23H15N2O2. The summed E-state index contributed by atoms with van der Waals surface area (Å²) >= 11 is 0. The number of nitrogens with zero attached hydrogens (tertiary/aromatic N) is 2. The number of pyridine rings is 1. The van der Waals surface area contributed by atoms with Crippen molar-refractivity contribution in [3.63, 3.8) is 0 Å². The van der Waals surface area contributed by atoms with Gasteiger partial charge in [-0.3, -0.25) is 0 Å². The molecule has 0 spiro atoms. The van der Waals surface area contributed by atoms with E-state index in [0.29, 0.717) is 5.89 Å². The number of fused-ring (bicyclic) bond motifs is 2. The molecule has 0 saturated heterocycles. The first-order chi connectivity index (χ1) is 13.3. The first-order valence-electron chi connectivity index (χ1n) is 8.63. The zero-order valence-electron chi connectivity index (χ0n) is 14.6. The molecule has 0 unspecified atom stereocenters. The van der Waals surface area contributed by atoms with E-state index in [1.807, 2.05) is 72.8 Å². The Labute approximate surface area is 156 Å². The average Bonchev–Trinajstić information content (AvgIpc) is 3.17. The molecule has 1 radical (unpaired) electrons. The second-order valence-electron chi connectivity index (χ2n) is 6.24. The van der Waals surface area contributed by atoms with Gasteiger partial charge in [0, 0.05) is 28.6 Å². The maximum absolute atomic E-state index is 5.97. The summed E-state index contributed by atoms with van der Waals surface area (Å²) in [4.78, 5) is 9.30. The number of ether oxygens (including phenoxy) is 1. The van der Waals surface area contributed by atoms with Crippen LogP contribution in [0.15, 0.2) is 77.2 Å². The number of hydrogen-bond donors (Lipinski definition) is 0. The van der Waals surface area contributed by atoms with Gasteiger partial charge in [-0.1, -0.05) is 24.3 Å². The Hall–Kier alpha value is -3.66. The minimum absolute atomic E-state index is 0.614. The van der Waals surface area contributed by atoms with E-state index in [9.17, 15) is 0 Å². The summed E-state index contributed by atoms with van der Waals surface area (Å²) in [5.41, 5.74) is 5.06. The van der Waals surface area contributed by atoms with Gasteiger partial charge < -0.3 is 9.15 Å². The topological polar surface area (TPSA) is 48.2 Å². The normalized spacial score (nSPS) is 11.1. The summed E-state index contributed by atoms with van der Waals surface area (Å²) < 4.78 is 11.3. The minimum Gasteiger partial charge on any atom is -0.497 e. The highest BCUT2D eigenvalue weighted by molar-refractivity contribution is 5.85. The van der Waals surface area contributed by atoms with Crippen LogP contribution in [0.3, 0.4) is 0 Å². The molecule has 4 heteroatoms. The lowest BCUT2D eigenvalue weighted by Crippen LogP contribution is -1.88. The first-order valence-corrected chi connectivity index (χ1v) is 8.63. The molecule has 0 fully saturated rings. The predicted molar refractivity (Wildman–Crippen MR) is 106 cm³/mol. The van der Waals surface area contributed by atoms with E-state index < -0.39 is 0 Å². The monoisotopic (exact) mass is 351 g/mol. The average molecular weight is 351 g/mol. The lowest BCUT2D eigenvalue weighted by Gasteiger charge is -2.05. The number of oxazole rings is 1. The molecule has 2 heterocycles. The van der Waals surface area contributed by atoms with Gasteiger partial charge in [0.25, 0.3) is 0 Å². The van der Waals surface area contributed by atoms with Crippen molar-refractivity contribution in [3.8, 4) is 28.5 Å². The Morgan fingerprint density at radius 1 is 0.852 bits per heavy atom. The number of aromatic nitrogens is 2. The van der Waals surface area contributed by atoms with Crippen LogP contribution in [0.25, 0.3) is 44.7 Å². The van der Waals surface area contributed by atoms with E-state index in [1.165, 1.54) is 0 Å². The van der Waals surface area contributed by atoms with Crippen molar-refractivity contribution in [2.75, 3.05) is 7.11 Å². The van der Waals surface area contributed by atoms with Crippen LogP contribution in [0.5, 0.6) is 5.75 Å².